The van der Waals surface area contributed by atoms with Gasteiger partial charge in [0, 0.05) is 0 Å². The maximum Gasteiger partial charge on any atom is 0.292 e. The number of anilines is 1. The lowest BCUT2D eigenvalue weighted by atomic mass is 10.3. The Labute approximate surface area is 79.4 Å². The van der Waals surface area contributed by atoms with Gasteiger partial charge in [0.2, 0.25) is 0 Å². The number of halogens is 1. The molecule has 2 rings (SSSR count). The number of nitrogen functional groups attached to an aromatic ring is 1. The number of pyridine rings is 1. The van der Waals surface area contributed by atoms with Crippen molar-refractivity contribution < 1.29 is 4.42 Å². The van der Waals surface area contributed by atoms with Crippen molar-refractivity contribution in [3.63, 3.8) is 0 Å². The molecular formula is C8H6ClN3O. The maximum atomic E-state index is 5.70. The molecule has 0 fully saturated rings. The third-order valence-electron chi connectivity index (χ3n) is 1.49. The zero-order chi connectivity index (χ0) is 9.26. The molecule has 5 heteroatoms. The highest BCUT2D eigenvalue weighted by molar-refractivity contribution is 6.29. The van der Waals surface area contributed by atoms with E-state index in [0.29, 0.717) is 16.6 Å². The van der Waals surface area contributed by atoms with Crippen LogP contribution in [0.25, 0.3) is 11.5 Å². The second-order valence-corrected chi connectivity index (χ2v) is 2.80. The topological polar surface area (TPSA) is 64.9 Å². The Hall–Kier alpha value is -1.55. The van der Waals surface area contributed by atoms with Gasteiger partial charge in [0.25, 0.3) is 6.01 Å². The smallest absolute Gasteiger partial charge is 0.292 e. The molecule has 0 aromatic carbocycles. The number of oxazole rings is 1. The Morgan fingerprint density at radius 2 is 2.23 bits per heavy atom. The standard InChI is InChI=1S/C8H6ClN3O/c9-7-3-1-2-5(12-7)6-4-11-8(10)13-6/h1-4H,(H2,10,11). The average molecular weight is 196 g/mol. The van der Waals surface area contributed by atoms with Gasteiger partial charge in [-0.15, -0.1) is 0 Å². The van der Waals surface area contributed by atoms with Crippen LogP contribution in [0.4, 0.5) is 6.01 Å². The molecule has 2 heterocycles. The van der Waals surface area contributed by atoms with Gasteiger partial charge in [-0.1, -0.05) is 17.7 Å². The van der Waals surface area contributed by atoms with E-state index in [2.05, 4.69) is 9.97 Å². The van der Waals surface area contributed by atoms with Crippen LogP contribution in [0, 0.1) is 0 Å². The van der Waals surface area contributed by atoms with Crippen LogP contribution in [0.3, 0.4) is 0 Å². The summed E-state index contributed by atoms with van der Waals surface area (Å²) in [5.74, 6) is 0.514. The fourth-order valence-corrected chi connectivity index (χ4v) is 1.12. The Morgan fingerprint density at radius 1 is 1.38 bits per heavy atom. The molecule has 13 heavy (non-hydrogen) atoms. The minimum Gasteiger partial charge on any atom is -0.422 e. The summed E-state index contributed by atoms with van der Waals surface area (Å²) in [7, 11) is 0. The van der Waals surface area contributed by atoms with Gasteiger partial charge in [0.1, 0.15) is 10.8 Å². The predicted molar refractivity (Wildman–Crippen MR) is 49.2 cm³/mol. The number of nitrogens with two attached hydrogens (primary N) is 1. The fraction of sp³-hybridized carbons (Fsp3) is 0. The summed E-state index contributed by atoms with van der Waals surface area (Å²) in [4.78, 5) is 7.78. The molecule has 0 amide bonds. The molecule has 0 saturated heterocycles. The summed E-state index contributed by atoms with van der Waals surface area (Å²) in [5, 5.41) is 0.410. The highest BCUT2D eigenvalue weighted by atomic mass is 35.5. The Morgan fingerprint density at radius 3 is 2.85 bits per heavy atom. The van der Waals surface area contributed by atoms with Crippen LogP contribution in [0.15, 0.2) is 28.8 Å². The van der Waals surface area contributed by atoms with Gasteiger partial charge in [-0.3, -0.25) is 0 Å². The highest BCUT2D eigenvalue weighted by Gasteiger charge is 2.04. The summed E-state index contributed by atoms with van der Waals surface area (Å²) < 4.78 is 5.07. The van der Waals surface area contributed by atoms with Crippen LogP contribution in [-0.2, 0) is 0 Å². The third-order valence-corrected chi connectivity index (χ3v) is 1.70. The first-order valence-corrected chi connectivity index (χ1v) is 3.98. The number of hydrogen-bond donors (Lipinski definition) is 1. The van der Waals surface area contributed by atoms with E-state index in [4.69, 9.17) is 21.8 Å². The fourth-order valence-electron chi connectivity index (χ4n) is 0.952. The quantitative estimate of drug-likeness (QED) is 0.707. The van der Waals surface area contributed by atoms with Crippen LogP contribution in [0.5, 0.6) is 0 Å². The third kappa shape index (κ3) is 1.62. The highest BCUT2D eigenvalue weighted by Crippen LogP contribution is 2.20. The Kier molecular flexibility index (Phi) is 1.90. The first-order chi connectivity index (χ1) is 6.25. The van der Waals surface area contributed by atoms with E-state index in [1.54, 1.807) is 18.2 Å². The van der Waals surface area contributed by atoms with Crippen LogP contribution in [0.2, 0.25) is 5.15 Å². The Bertz CT molecular complexity index is 427. The van der Waals surface area contributed by atoms with Crippen molar-refractivity contribution >= 4 is 17.6 Å². The van der Waals surface area contributed by atoms with Crippen molar-refractivity contribution in [2.75, 3.05) is 5.73 Å². The largest absolute Gasteiger partial charge is 0.422 e. The van der Waals surface area contributed by atoms with E-state index >= 15 is 0 Å². The number of aromatic nitrogens is 2. The maximum absolute atomic E-state index is 5.70. The van der Waals surface area contributed by atoms with E-state index in [9.17, 15) is 0 Å². The molecule has 0 spiro atoms. The van der Waals surface area contributed by atoms with Crippen LogP contribution < -0.4 is 5.73 Å². The van der Waals surface area contributed by atoms with Gasteiger partial charge in [-0.2, -0.15) is 0 Å². The number of rotatable bonds is 1. The van der Waals surface area contributed by atoms with Gasteiger partial charge in [-0.05, 0) is 12.1 Å². The summed E-state index contributed by atoms with van der Waals surface area (Å²) in [6.45, 7) is 0. The van der Waals surface area contributed by atoms with Crippen molar-refractivity contribution in [2.45, 2.75) is 0 Å². The normalized spacial score (nSPS) is 10.2. The molecule has 2 N–H and O–H groups in total. The molecule has 0 bridgehead atoms. The molecule has 0 aliphatic heterocycles. The molecule has 0 saturated carbocycles. The molecule has 2 aromatic heterocycles. The average Bonchev–Trinajstić information content (AvgIpc) is 2.52. The number of nitrogens with zero attached hydrogens (tertiary/aromatic N) is 2. The summed E-state index contributed by atoms with van der Waals surface area (Å²) in [5.41, 5.74) is 5.94. The molecule has 2 aromatic rings. The molecule has 0 unspecified atom stereocenters. The lowest BCUT2D eigenvalue weighted by Crippen LogP contribution is -1.81. The minimum absolute atomic E-state index is 0.122. The van der Waals surface area contributed by atoms with Crippen LogP contribution >= 0.6 is 11.6 Å². The monoisotopic (exact) mass is 195 g/mol. The SMILES string of the molecule is Nc1ncc(-c2cccc(Cl)n2)o1. The van der Waals surface area contributed by atoms with Crippen LogP contribution in [0.1, 0.15) is 0 Å². The van der Waals surface area contributed by atoms with E-state index < -0.39 is 0 Å². The van der Waals surface area contributed by atoms with E-state index in [1.807, 2.05) is 0 Å². The van der Waals surface area contributed by atoms with Gasteiger partial charge >= 0.3 is 0 Å². The molecular weight excluding hydrogens is 190 g/mol. The molecule has 0 aliphatic rings. The van der Waals surface area contributed by atoms with Crippen molar-refractivity contribution in [1.82, 2.24) is 9.97 Å². The zero-order valence-corrected chi connectivity index (χ0v) is 7.32. The van der Waals surface area contributed by atoms with Gasteiger partial charge in [0.15, 0.2) is 5.76 Å². The van der Waals surface area contributed by atoms with Gasteiger partial charge in [-0.25, -0.2) is 9.97 Å². The summed E-state index contributed by atoms with van der Waals surface area (Å²) in [6, 6.07) is 5.36. The van der Waals surface area contributed by atoms with Crippen molar-refractivity contribution in [2.24, 2.45) is 0 Å². The molecule has 0 atom stereocenters. The van der Waals surface area contributed by atoms with E-state index in [1.165, 1.54) is 6.20 Å². The molecule has 4 nitrogen and oxygen atoms in total. The summed E-state index contributed by atoms with van der Waals surface area (Å²) in [6.07, 6.45) is 1.51. The second kappa shape index (κ2) is 3.06. The molecule has 66 valence electrons. The second-order valence-electron chi connectivity index (χ2n) is 2.41. The Balaban J connectivity index is 2.46. The van der Waals surface area contributed by atoms with Gasteiger partial charge in [0.05, 0.1) is 6.20 Å². The van der Waals surface area contributed by atoms with Crippen molar-refractivity contribution in [3.05, 3.63) is 29.5 Å². The minimum atomic E-state index is 0.122. The molecule has 0 radical (unpaired) electrons. The lowest BCUT2D eigenvalue weighted by Gasteiger charge is -1.94. The van der Waals surface area contributed by atoms with Crippen molar-refractivity contribution in [1.29, 1.82) is 0 Å². The summed E-state index contributed by atoms with van der Waals surface area (Å²) >= 11 is 5.70. The van der Waals surface area contributed by atoms with Gasteiger partial charge < -0.3 is 10.2 Å². The van der Waals surface area contributed by atoms with E-state index in [-0.39, 0.29) is 6.01 Å². The number of hydrogen-bond acceptors (Lipinski definition) is 4. The molecule has 0 aliphatic carbocycles. The zero-order valence-electron chi connectivity index (χ0n) is 6.57. The first-order valence-electron chi connectivity index (χ1n) is 3.60. The lowest BCUT2D eigenvalue weighted by molar-refractivity contribution is 0.592. The van der Waals surface area contributed by atoms with E-state index in [0.717, 1.165) is 0 Å². The first kappa shape index (κ1) is 8.07. The predicted octanol–water partition coefficient (Wildman–Crippen LogP) is 1.97. The van der Waals surface area contributed by atoms with Crippen molar-refractivity contribution in [3.8, 4) is 11.5 Å². The van der Waals surface area contributed by atoms with Crippen LogP contribution in [-0.4, -0.2) is 9.97 Å².